The molecule has 0 saturated carbocycles. The molecule has 0 radical (unpaired) electrons. The lowest BCUT2D eigenvalue weighted by atomic mass is 9.95. The van der Waals surface area contributed by atoms with Crippen molar-refractivity contribution in [1.29, 1.82) is 0 Å². The summed E-state index contributed by atoms with van der Waals surface area (Å²) in [5, 5.41) is 2.30. The Kier molecular flexibility index (Phi) is 3.72. The van der Waals surface area contributed by atoms with Gasteiger partial charge in [-0.3, -0.25) is 4.98 Å². The van der Waals surface area contributed by atoms with Gasteiger partial charge in [0.05, 0.1) is 6.04 Å². The van der Waals surface area contributed by atoms with E-state index in [1.807, 2.05) is 30.6 Å². The molecule has 100 valence electrons. The molecule has 3 rings (SSSR count). The van der Waals surface area contributed by atoms with Crippen molar-refractivity contribution in [3.63, 3.8) is 0 Å². The third kappa shape index (κ3) is 2.30. The molecule has 0 fully saturated rings. The summed E-state index contributed by atoms with van der Waals surface area (Å²) < 4.78 is 0. The third-order valence-corrected chi connectivity index (χ3v) is 4.34. The maximum atomic E-state index is 6.52. The first kappa shape index (κ1) is 13.2. The fourth-order valence-corrected chi connectivity index (χ4v) is 3.14. The molecular weight excluding hydrogens is 264 g/mol. The van der Waals surface area contributed by atoms with Gasteiger partial charge >= 0.3 is 0 Å². The van der Waals surface area contributed by atoms with E-state index in [0.717, 1.165) is 16.5 Å². The van der Waals surface area contributed by atoms with Crippen LogP contribution >= 0.6 is 11.8 Å². The molecule has 1 unspecified atom stereocenters. The summed E-state index contributed by atoms with van der Waals surface area (Å²) in [5.74, 6) is 0. The van der Waals surface area contributed by atoms with Crippen LogP contribution in [0.15, 0.2) is 65.8 Å². The number of hydrogen-bond donors (Lipinski definition) is 1. The topological polar surface area (TPSA) is 38.9 Å². The molecule has 2 nitrogen and oxygen atoms in total. The van der Waals surface area contributed by atoms with Crippen LogP contribution in [0.4, 0.5) is 0 Å². The van der Waals surface area contributed by atoms with Crippen molar-refractivity contribution in [2.45, 2.75) is 10.9 Å². The zero-order valence-electron chi connectivity index (χ0n) is 11.3. The minimum absolute atomic E-state index is 0.133. The predicted octanol–water partition coefficient (Wildman–Crippen LogP) is 4.00. The summed E-state index contributed by atoms with van der Waals surface area (Å²) >= 11 is 1.73. The molecule has 2 aromatic carbocycles. The van der Waals surface area contributed by atoms with Gasteiger partial charge in [-0.05, 0) is 34.9 Å². The van der Waals surface area contributed by atoms with E-state index in [1.165, 1.54) is 10.3 Å². The number of thioether (sulfide) groups is 1. The highest BCUT2D eigenvalue weighted by molar-refractivity contribution is 7.98. The van der Waals surface area contributed by atoms with Crippen LogP contribution in [0.1, 0.15) is 17.2 Å². The highest BCUT2D eigenvalue weighted by atomic mass is 32.2. The Balaban J connectivity index is 2.15. The number of rotatable bonds is 3. The zero-order valence-corrected chi connectivity index (χ0v) is 12.1. The van der Waals surface area contributed by atoms with Gasteiger partial charge in [0.15, 0.2) is 0 Å². The quantitative estimate of drug-likeness (QED) is 0.737. The van der Waals surface area contributed by atoms with E-state index in [2.05, 4.69) is 41.6 Å². The first-order valence-corrected chi connectivity index (χ1v) is 7.75. The Bertz CT molecular complexity index is 734. The van der Waals surface area contributed by atoms with Crippen LogP contribution in [0.5, 0.6) is 0 Å². The summed E-state index contributed by atoms with van der Waals surface area (Å²) in [6.07, 6.45) is 5.79. The second kappa shape index (κ2) is 5.65. The summed E-state index contributed by atoms with van der Waals surface area (Å²) in [7, 11) is 0. The fraction of sp³-hybridized carbons (Fsp3) is 0.118. The van der Waals surface area contributed by atoms with Crippen LogP contribution in [0.25, 0.3) is 10.8 Å². The maximum absolute atomic E-state index is 6.52. The van der Waals surface area contributed by atoms with Gasteiger partial charge in [-0.2, -0.15) is 0 Å². The summed E-state index contributed by atoms with van der Waals surface area (Å²) in [5.41, 5.74) is 8.80. The number of aromatic nitrogens is 1. The highest BCUT2D eigenvalue weighted by Gasteiger charge is 2.14. The first-order chi connectivity index (χ1) is 9.81. The molecule has 0 saturated heterocycles. The minimum atomic E-state index is -0.133. The largest absolute Gasteiger partial charge is 0.320 e. The standard InChI is InChI=1S/C17H16N2S/c1-20-16-8-3-2-6-14(16)17(18)13-7-4-5-12-9-10-19-11-15(12)13/h2-11,17H,18H2,1H3. The molecule has 0 aliphatic carbocycles. The van der Waals surface area contributed by atoms with Crippen LogP contribution in [0.2, 0.25) is 0 Å². The second-order valence-corrected chi connectivity index (χ2v) is 5.51. The van der Waals surface area contributed by atoms with E-state index in [-0.39, 0.29) is 6.04 Å². The van der Waals surface area contributed by atoms with E-state index in [0.29, 0.717) is 0 Å². The Morgan fingerprint density at radius 3 is 2.65 bits per heavy atom. The lowest BCUT2D eigenvalue weighted by Crippen LogP contribution is -2.13. The number of hydrogen-bond acceptors (Lipinski definition) is 3. The molecule has 1 heterocycles. The zero-order chi connectivity index (χ0) is 13.9. The van der Waals surface area contributed by atoms with E-state index in [9.17, 15) is 0 Å². The lowest BCUT2D eigenvalue weighted by molar-refractivity contribution is 0.856. The van der Waals surface area contributed by atoms with Crippen LogP contribution in [-0.2, 0) is 0 Å². The van der Waals surface area contributed by atoms with Crippen LogP contribution in [0.3, 0.4) is 0 Å². The second-order valence-electron chi connectivity index (χ2n) is 4.66. The molecule has 1 atom stereocenters. The molecule has 0 aliphatic rings. The van der Waals surface area contributed by atoms with Crippen molar-refractivity contribution in [1.82, 2.24) is 4.98 Å². The monoisotopic (exact) mass is 280 g/mol. The molecular formula is C17H16N2S. The number of benzene rings is 2. The average Bonchev–Trinajstić information content (AvgIpc) is 2.53. The predicted molar refractivity (Wildman–Crippen MR) is 86.0 cm³/mol. The Hall–Kier alpha value is -1.84. The van der Waals surface area contributed by atoms with Crippen molar-refractivity contribution in [2.24, 2.45) is 5.73 Å². The van der Waals surface area contributed by atoms with Gasteiger partial charge in [0.25, 0.3) is 0 Å². The summed E-state index contributed by atoms with van der Waals surface area (Å²) in [4.78, 5) is 5.45. The molecule has 20 heavy (non-hydrogen) atoms. The van der Waals surface area contributed by atoms with E-state index in [4.69, 9.17) is 5.73 Å². The highest BCUT2D eigenvalue weighted by Crippen LogP contribution is 2.31. The SMILES string of the molecule is CSc1ccccc1C(N)c1cccc2ccncc12. The van der Waals surface area contributed by atoms with Gasteiger partial charge in [0, 0.05) is 22.7 Å². The average molecular weight is 280 g/mol. The molecule has 3 heteroatoms. The van der Waals surface area contributed by atoms with Crippen molar-refractivity contribution in [3.05, 3.63) is 72.1 Å². The number of fused-ring (bicyclic) bond motifs is 1. The molecule has 0 spiro atoms. The van der Waals surface area contributed by atoms with Gasteiger partial charge in [-0.15, -0.1) is 11.8 Å². The fourth-order valence-electron chi connectivity index (χ4n) is 2.50. The normalized spacial score (nSPS) is 12.5. The van der Waals surface area contributed by atoms with Crippen LogP contribution < -0.4 is 5.73 Å². The molecule has 0 aliphatic heterocycles. The van der Waals surface area contributed by atoms with E-state index < -0.39 is 0 Å². The molecule has 0 amide bonds. The van der Waals surface area contributed by atoms with Gasteiger partial charge in [-0.25, -0.2) is 0 Å². The van der Waals surface area contributed by atoms with Crippen LogP contribution in [0, 0.1) is 0 Å². The number of pyridine rings is 1. The van der Waals surface area contributed by atoms with Crippen LogP contribution in [-0.4, -0.2) is 11.2 Å². The lowest BCUT2D eigenvalue weighted by Gasteiger charge is -2.17. The Morgan fingerprint density at radius 2 is 1.80 bits per heavy atom. The maximum Gasteiger partial charge on any atom is 0.0569 e. The third-order valence-electron chi connectivity index (χ3n) is 3.53. The van der Waals surface area contributed by atoms with Gasteiger partial charge < -0.3 is 5.73 Å². The van der Waals surface area contributed by atoms with Gasteiger partial charge in [0.2, 0.25) is 0 Å². The molecule has 0 bridgehead atoms. The van der Waals surface area contributed by atoms with Gasteiger partial charge in [-0.1, -0.05) is 36.4 Å². The Labute approximate surface area is 123 Å². The smallest absolute Gasteiger partial charge is 0.0569 e. The first-order valence-electron chi connectivity index (χ1n) is 6.52. The van der Waals surface area contributed by atoms with Crippen molar-refractivity contribution >= 4 is 22.5 Å². The van der Waals surface area contributed by atoms with E-state index in [1.54, 1.807) is 11.8 Å². The molecule has 1 aromatic heterocycles. The van der Waals surface area contributed by atoms with Crippen molar-refractivity contribution < 1.29 is 0 Å². The van der Waals surface area contributed by atoms with Gasteiger partial charge in [0.1, 0.15) is 0 Å². The molecule has 3 aromatic rings. The number of nitrogens with two attached hydrogens (primary N) is 1. The van der Waals surface area contributed by atoms with E-state index >= 15 is 0 Å². The molecule has 2 N–H and O–H groups in total. The minimum Gasteiger partial charge on any atom is -0.320 e. The summed E-state index contributed by atoms with van der Waals surface area (Å²) in [6.45, 7) is 0. The Morgan fingerprint density at radius 1 is 1.00 bits per heavy atom. The number of nitrogens with zero attached hydrogens (tertiary/aromatic N) is 1. The van der Waals surface area contributed by atoms with Crippen molar-refractivity contribution in [3.8, 4) is 0 Å². The van der Waals surface area contributed by atoms with Crippen molar-refractivity contribution in [2.75, 3.05) is 6.26 Å². The summed E-state index contributed by atoms with van der Waals surface area (Å²) in [6, 6.07) is 16.4.